The summed E-state index contributed by atoms with van der Waals surface area (Å²) < 4.78 is 17.7. The average Bonchev–Trinajstić information content (AvgIpc) is 3.65. The van der Waals surface area contributed by atoms with Gasteiger partial charge in [0.2, 0.25) is 12.7 Å². The quantitative estimate of drug-likeness (QED) is 0.375. The van der Waals surface area contributed by atoms with Crippen molar-refractivity contribution in [3.05, 3.63) is 72.1 Å². The van der Waals surface area contributed by atoms with Crippen LogP contribution in [-0.4, -0.2) is 46.0 Å². The second-order valence-electron chi connectivity index (χ2n) is 9.36. The second kappa shape index (κ2) is 11.4. The van der Waals surface area contributed by atoms with Gasteiger partial charge in [0.25, 0.3) is 5.91 Å². The van der Waals surface area contributed by atoms with E-state index in [0.717, 1.165) is 11.3 Å². The number of hydrogen-bond donors (Lipinski definition) is 1. The van der Waals surface area contributed by atoms with Gasteiger partial charge in [0.1, 0.15) is 0 Å². The number of fused-ring (bicyclic) bond motifs is 1. The van der Waals surface area contributed by atoms with Crippen LogP contribution in [0.25, 0.3) is 5.69 Å². The van der Waals surface area contributed by atoms with Gasteiger partial charge in [-0.25, -0.2) is 9.69 Å². The minimum Gasteiger partial charge on any atom is -0.466 e. The molecule has 0 spiro atoms. The van der Waals surface area contributed by atoms with E-state index in [-0.39, 0.29) is 43.0 Å². The fourth-order valence-corrected chi connectivity index (χ4v) is 4.82. The number of rotatable bonds is 7. The minimum absolute atomic E-state index is 0.130. The molecule has 10 nitrogen and oxygen atoms in total. The van der Waals surface area contributed by atoms with Crippen LogP contribution in [0.3, 0.4) is 0 Å². The standard InChI is InChI=1S/C28H30N4O6/c1-2-36-28(35)21-10-8-20(9-11-21)26(33)30-32(17-19-7-12-24-25(15-19)38-18-37-24)27(34)22-5-3-6-23(16-22)31-14-4-13-29-31/h3-7,12-16,20-21H,2,8-11,17-18H2,1H3,(H,30,33). The Balaban J connectivity index is 1.33. The molecule has 1 aliphatic carbocycles. The molecule has 1 fully saturated rings. The molecule has 2 aliphatic rings. The molecular weight excluding hydrogens is 488 g/mol. The van der Waals surface area contributed by atoms with Crippen LogP contribution in [0.4, 0.5) is 0 Å². The lowest BCUT2D eigenvalue weighted by molar-refractivity contribution is -0.150. The summed E-state index contributed by atoms with van der Waals surface area (Å²) >= 11 is 0. The van der Waals surface area contributed by atoms with Gasteiger partial charge in [-0.05, 0) is 74.6 Å². The van der Waals surface area contributed by atoms with E-state index < -0.39 is 0 Å². The zero-order valence-corrected chi connectivity index (χ0v) is 21.2. The average molecular weight is 519 g/mol. The Morgan fingerprint density at radius 1 is 1.03 bits per heavy atom. The van der Waals surface area contributed by atoms with Crippen molar-refractivity contribution >= 4 is 17.8 Å². The summed E-state index contributed by atoms with van der Waals surface area (Å²) in [5, 5.41) is 5.57. The minimum atomic E-state index is -0.356. The smallest absolute Gasteiger partial charge is 0.308 e. The number of nitrogens with one attached hydrogen (secondary N) is 1. The third-order valence-electron chi connectivity index (χ3n) is 6.85. The van der Waals surface area contributed by atoms with E-state index in [9.17, 15) is 14.4 Å². The van der Waals surface area contributed by atoms with Gasteiger partial charge in [0, 0.05) is 23.9 Å². The second-order valence-corrected chi connectivity index (χ2v) is 9.36. The highest BCUT2D eigenvalue weighted by Gasteiger charge is 2.32. The maximum absolute atomic E-state index is 13.7. The first-order chi connectivity index (χ1) is 18.5. The molecule has 38 heavy (non-hydrogen) atoms. The number of hydrazine groups is 1. The lowest BCUT2D eigenvalue weighted by atomic mass is 9.81. The van der Waals surface area contributed by atoms with Crippen LogP contribution in [0.15, 0.2) is 60.9 Å². The molecule has 2 amide bonds. The largest absolute Gasteiger partial charge is 0.466 e. The van der Waals surface area contributed by atoms with E-state index in [0.29, 0.717) is 49.4 Å². The molecule has 0 bridgehead atoms. The molecular formula is C28H30N4O6. The Kier molecular flexibility index (Phi) is 7.57. The van der Waals surface area contributed by atoms with Crippen molar-refractivity contribution < 1.29 is 28.6 Å². The predicted octanol–water partition coefficient (Wildman–Crippen LogP) is 3.64. The molecule has 0 saturated heterocycles. The zero-order valence-electron chi connectivity index (χ0n) is 21.2. The number of ether oxygens (including phenoxy) is 3. The number of carbonyl (C=O) groups excluding carboxylic acids is 3. The van der Waals surface area contributed by atoms with E-state index in [1.165, 1.54) is 5.01 Å². The Labute approximate surface area is 220 Å². The van der Waals surface area contributed by atoms with Gasteiger partial charge in [-0.15, -0.1) is 0 Å². The van der Waals surface area contributed by atoms with Gasteiger partial charge in [-0.3, -0.25) is 19.8 Å². The van der Waals surface area contributed by atoms with Crippen LogP contribution in [-0.2, 0) is 20.9 Å². The number of hydrogen-bond acceptors (Lipinski definition) is 7. The Morgan fingerprint density at radius 2 is 1.82 bits per heavy atom. The van der Waals surface area contributed by atoms with Gasteiger partial charge in [-0.1, -0.05) is 12.1 Å². The normalized spacial score (nSPS) is 18.0. The van der Waals surface area contributed by atoms with E-state index in [1.807, 2.05) is 12.1 Å². The number of benzene rings is 2. The molecule has 1 aromatic heterocycles. The number of amides is 2. The zero-order chi connectivity index (χ0) is 26.5. The molecule has 0 atom stereocenters. The summed E-state index contributed by atoms with van der Waals surface area (Å²) in [6.45, 7) is 2.41. The SMILES string of the molecule is CCOC(=O)C1CCC(C(=O)NN(Cc2ccc3c(c2)OCO3)C(=O)c2cccc(-n3cccn3)c2)CC1. The first-order valence-corrected chi connectivity index (χ1v) is 12.8. The topological polar surface area (TPSA) is 112 Å². The van der Waals surface area contributed by atoms with Crippen LogP contribution in [0, 0.1) is 11.8 Å². The van der Waals surface area contributed by atoms with E-state index in [2.05, 4.69) is 10.5 Å². The van der Waals surface area contributed by atoms with Gasteiger partial charge >= 0.3 is 5.97 Å². The van der Waals surface area contributed by atoms with Gasteiger partial charge in [-0.2, -0.15) is 5.10 Å². The van der Waals surface area contributed by atoms with Crippen molar-refractivity contribution in [1.29, 1.82) is 0 Å². The van der Waals surface area contributed by atoms with Crippen LogP contribution < -0.4 is 14.9 Å². The highest BCUT2D eigenvalue weighted by molar-refractivity contribution is 5.96. The lowest BCUT2D eigenvalue weighted by Gasteiger charge is -2.30. The van der Waals surface area contributed by atoms with Crippen molar-refractivity contribution in [3.63, 3.8) is 0 Å². The molecule has 0 unspecified atom stereocenters. The highest BCUT2D eigenvalue weighted by atomic mass is 16.7. The van der Waals surface area contributed by atoms with Crippen molar-refractivity contribution in [2.75, 3.05) is 13.4 Å². The summed E-state index contributed by atoms with van der Waals surface area (Å²) in [5.74, 6) is -0.0587. The van der Waals surface area contributed by atoms with E-state index in [4.69, 9.17) is 14.2 Å². The number of nitrogens with zero attached hydrogens (tertiary/aromatic N) is 3. The molecule has 2 heterocycles. The number of aromatic nitrogens is 2. The van der Waals surface area contributed by atoms with Crippen molar-refractivity contribution in [2.45, 2.75) is 39.2 Å². The molecule has 1 saturated carbocycles. The first-order valence-electron chi connectivity index (χ1n) is 12.8. The Hall–Kier alpha value is -4.34. The summed E-state index contributed by atoms with van der Waals surface area (Å²) in [6, 6.07) is 14.3. The first kappa shape index (κ1) is 25.3. The van der Waals surface area contributed by atoms with Gasteiger partial charge in [0.05, 0.1) is 24.8 Å². The van der Waals surface area contributed by atoms with Crippen molar-refractivity contribution in [3.8, 4) is 17.2 Å². The molecule has 5 rings (SSSR count). The van der Waals surface area contributed by atoms with Gasteiger partial charge in [0.15, 0.2) is 11.5 Å². The summed E-state index contributed by atoms with van der Waals surface area (Å²) in [7, 11) is 0. The number of esters is 1. The van der Waals surface area contributed by atoms with Crippen molar-refractivity contribution in [2.24, 2.45) is 11.8 Å². The molecule has 198 valence electrons. The van der Waals surface area contributed by atoms with Crippen molar-refractivity contribution in [1.82, 2.24) is 20.2 Å². The Bertz CT molecular complexity index is 1300. The molecule has 2 aromatic carbocycles. The van der Waals surface area contributed by atoms with E-state index >= 15 is 0 Å². The highest BCUT2D eigenvalue weighted by Crippen LogP contribution is 2.33. The number of carbonyl (C=O) groups is 3. The summed E-state index contributed by atoms with van der Waals surface area (Å²) in [6.07, 6.45) is 5.73. The summed E-state index contributed by atoms with van der Waals surface area (Å²) in [5.41, 5.74) is 4.77. The Morgan fingerprint density at radius 3 is 2.58 bits per heavy atom. The lowest BCUT2D eigenvalue weighted by Crippen LogP contribution is -2.48. The predicted molar refractivity (Wildman–Crippen MR) is 136 cm³/mol. The third-order valence-corrected chi connectivity index (χ3v) is 6.85. The van der Waals surface area contributed by atoms with Crippen LogP contribution in [0.5, 0.6) is 11.5 Å². The van der Waals surface area contributed by atoms with Crippen LogP contribution >= 0.6 is 0 Å². The third kappa shape index (κ3) is 5.64. The van der Waals surface area contributed by atoms with E-state index in [1.54, 1.807) is 60.4 Å². The van der Waals surface area contributed by atoms with Crippen LogP contribution in [0.1, 0.15) is 48.5 Å². The maximum Gasteiger partial charge on any atom is 0.308 e. The fraction of sp³-hybridized carbons (Fsp3) is 0.357. The fourth-order valence-electron chi connectivity index (χ4n) is 4.82. The molecule has 1 N–H and O–H groups in total. The molecule has 10 heteroatoms. The van der Waals surface area contributed by atoms with Gasteiger partial charge < -0.3 is 14.2 Å². The molecule has 3 aromatic rings. The summed E-state index contributed by atoms with van der Waals surface area (Å²) in [4.78, 5) is 39.1. The monoisotopic (exact) mass is 518 g/mol. The van der Waals surface area contributed by atoms with Crippen LogP contribution in [0.2, 0.25) is 0 Å². The molecule has 1 aliphatic heterocycles. The molecule has 0 radical (unpaired) electrons. The maximum atomic E-state index is 13.7.